The zero-order chi connectivity index (χ0) is 12.9. The van der Waals surface area contributed by atoms with Crippen molar-refractivity contribution in [2.75, 3.05) is 20.2 Å². The molecular formula is C9H10F3N3O2. The Labute approximate surface area is 95.0 Å². The van der Waals surface area contributed by atoms with E-state index in [-0.39, 0.29) is 11.6 Å². The van der Waals surface area contributed by atoms with E-state index < -0.39 is 25.0 Å². The largest absolute Gasteiger partial charge is 0.479 e. The minimum absolute atomic E-state index is 0.00805. The molecule has 0 aliphatic carbocycles. The maximum absolute atomic E-state index is 11.8. The number of nitrogens with one attached hydrogen (secondary N) is 1. The molecule has 1 rings (SSSR count). The Kier molecular flexibility index (Phi) is 4.38. The van der Waals surface area contributed by atoms with Gasteiger partial charge in [-0.05, 0) is 0 Å². The van der Waals surface area contributed by atoms with Crippen molar-refractivity contribution in [3.05, 3.63) is 18.1 Å². The van der Waals surface area contributed by atoms with Crippen molar-refractivity contribution >= 4 is 5.78 Å². The van der Waals surface area contributed by atoms with Crippen molar-refractivity contribution in [3.8, 4) is 5.88 Å². The van der Waals surface area contributed by atoms with Gasteiger partial charge in [-0.1, -0.05) is 0 Å². The van der Waals surface area contributed by atoms with Crippen molar-refractivity contribution in [1.29, 1.82) is 0 Å². The van der Waals surface area contributed by atoms with E-state index >= 15 is 0 Å². The summed E-state index contributed by atoms with van der Waals surface area (Å²) in [4.78, 5) is 18.9. The topological polar surface area (TPSA) is 64.1 Å². The van der Waals surface area contributed by atoms with Crippen LogP contribution in [0.4, 0.5) is 13.2 Å². The smallest absolute Gasteiger partial charge is 0.401 e. The number of methoxy groups -OCH3 is 1. The molecule has 1 aromatic heterocycles. The first-order chi connectivity index (χ1) is 7.94. The first-order valence-corrected chi connectivity index (χ1v) is 4.59. The lowest BCUT2D eigenvalue weighted by atomic mass is 10.3. The van der Waals surface area contributed by atoms with Crippen molar-refractivity contribution in [2.45, 2.75) is 6.18 Å². The quantitative estimate of drug-likeness (QED) is 0.783. The Morgan fingerprint density at radius 3 is 2.65 bits per heavy atom. The highest BCUT2D eigenvalue weighted by atomic mass is 19.4. The molecule has 0 saturated carbocycles. The van der Waals surface area contributed by atoms with E-state index in [4.69, 9.17) is 4.74 Å². The molecule has 5 nitrogen and oxygen atoms in total. The molecule has 0 radical (unpaired) electrons. The molecule has 0 aliphatic rings. The third kappa shape index (κ3) is 4.35. The van der Waals surface area contributed by atoms with E-state index in [9.17, 15) is 18.0 Å². The van der Waals surface area contributed by atoms with Crippen molar-refractivity contribution in [3.63, 3.8) is 0 Å². The van der Waals surface area contributed by atoms with E-state index in [0.717, 1.165) is 0 Å². The summed E-state index contributed by atoms with van der Waals surface area (Å²) in [5, 5.41) is 1.98. The second-order valence-electron chi connectivity index (χ2n) is 3.06. The summed E-state index contributed by atoms with van der Waals surface area (Å²) >= 11 is 0. The van der Waals surface area contributed by atoms with Crippen LogP contribution in [0, 0.1) is 0 Å². The molecular weight excluding hydrogens is 239 g/mol. The minimum atomic E-state index is -4.35. The minimum Gasteiger partial charge on any atom is -0.479 e. The second-order valence-corrected chi connectivity index (χ2v) is 3.06. The number of halogens is 3. The fourth-order valence-corrected chi connectivity index (χ4v) is 1.07. The number of carbonyl (C=O) groups is 1. The van der Waals surface area contributed by atoms with Gasteiger partial charge in [-0.3, -0.25) is 4.79 Å². The third-order valence-electron chi connectivity index (χ3n) is 1.73. The predicted molar refractivity (Wildman–Crippen MR) is 51.8 cm³/mol. The molecule has 0 bridgehead atoms. The third-order valence-corrected chi connectivity index (χ3v) is 1.73. The Morgan fingerprint density at radius 1 is 1.41 bits per heavy atom. The first-order valence-electron chi connectivity index (χ1n) is 4.59. The molecule has 1 N–H and O–H groups in total. The average Bonchev–Trinajstić information content (AvgIpc) is 2.27. The van der Waals surface area contributed by atoms with Gasteiger partial charge in [-0.2, -0.15) is 13.2 Å². The molecule has 0 saturated heterocycles. The van der Waals surface area contributed by atoms with Crippen LogP contribution in [0.3, 0.4) is 0 Å². The number of alkyl halides is 3. The highest BCUT2D eigenvalue weighted by molar-refractivity contribution is 5.97. The summed E-state index contributed by atoms with van der Waals surface area (Å²) in [5.41, 5.74) is -0.0929. The van der Waals surface area contributed by atoms with Crippen LogP contribution in [0.25, 0.3) is 0 Å². The van der Waals surface area contributed by atoms with Gasteiger partial charge in [-0.25, -0.2) is 9.97 Å². The molecule has 8 heteroatoms. The Bertz CT molecular complexity index is 395. The lowest BCUT2D eigenvalue weighted by Gasteiger charge is -2.08. The van der Waals surface area contributed by atoms with Gasteiger partial charge in [-0.15, -0.1) is 0 Å². The number of hydrogen-bond donors (Lipinski definition) is 1. The van der Waals surface area contributed by atoms with Gasteiger partial charge >= 0.3 is 6.18 Å². The van der Waals surface area contributed by atoms with Crippen molar-refractivity contribution in [2.24, 2.45) is 0 Å². The SMILES string of the molecule is COc1nccnc1C(=O)CNCC(F)(F)F. The van der Waals surface area contributed by atoms with Crippen molar-refractivity contribution < 1.29 is 22.7 Å². The summed E-state index contributed by atoms with van der Waals surface area (Å²) in [5.74, 6) is -0.620. The molecule has 1 heterocycles. The molecule has 17 heavy (non-hydrogen) atoms. The van der Waals surface area contributed by atoms with Crippen LogP contribution in [0.1, 0.15) is 10.5 Å². The van der Waals surface area contributed by atoms with E-state index in [1.807, 2.05) is 5.32 Å². The van der Waals surface area contributed by atoms with Gasteiger partial charge in [0.05, 0.1) is 20.2 Å². The number of ether oxygens (including phenoxy) is 1. The maximum Gasteiger partial charge on any atom is 0.401 e. The van der Waals surface area contributed by atoms with Crippen LogP contribution in [0.5, 0.6) is 5.88 Å². The molecule has 0 aliphatic heterocycles. The number of Topliss-reactive ketones (excluding diaryl/α,β-unsaturated/α-hetero) is 1. The standard InChI is InChI=1S/C9H10F3N3O2/c1-17-8-7(14-2-3-15-8)6(16)4-13-5-9(10,11)12/h2-3,13H,4-5H2,1H3. The fraction of sp³-hybridized carbons (Fsp3) is 0.444. The highest BCUT2D eigenvalue weighted by Crippen LogP contribution is 2.13. The Balaban J connectivity index is 2.58. The summed E-state index contributed by atoms with van der Waals surface area (Å²) in [6, 6.07) is 0. The summed E-state index contributed by atoms with van der Waals surface area (Å²) in [6.07, 6.45) is -1.77. The summed E-state index contributed by atoms with van der Waals surface area (Å²) in [7, 11) is 1.30. The number of hydrogen-bond acceptors (Lipinski definition) is 5. The number of carbonyl (C=O) groups excluding carboxylic acids is 1. The van der Waals surface area contributed by atoms with E-state index in [2.05, 4.69) is 9.97 Å². The van der Waals surface area contributed by atoms with Crippen LogP contribution in [0.2, 0.25) is 0 Å². The van der Waals surface area contributed by atoms with Gasteiger partial charge in [0.1, 0.15) is 0 Å². The zero-order valence-electron chi connectivity index (χ0n) is 8.91. The number of ketones is 1. The molecule has 94 valence electrons. The fourth-order valence-electron chi connectivity index (χ4n) is 1.07. The Hall–Kier alpha value is -1.70. The van der Waals surface area contributed by atoms with Gasteiger partial charge < -0.3 is 10.1 Å². The van der Waals surface area contributed by atoms with Crippen LogP contribution >= 0.6 is 0 Å². The number of aromatic nitrogens is 2. The van der Waals surface area contributed by atoms with Crippen molar-refractivity contribution in [1.82, 2.24) is 15.3 Å². The monoisotopic (exact) mass is 249 g/mol. The molecule has 0 fully saturated rings. The van der Waals surface area contributed by atoms with E-state index in [1.165, 1.54) is 19.5 Å². The molecule has 0 amide bonds. The number of nitrogens with zero attached hydrogens (tertiary/aromatic N) is 2. The van der Waals surface area contributed by atoms with E-state index in [1.54, 1.807) is 0 Å². The van der Waals surface area contributed by atoms with E-state index in [0.29, 0.717) is 0 Å². The summed E-state index contributed by atoms with van der Waals surface area (Å²) in [6.45, 7) is -1.71. The lowest BCUT2D eigenvalue weighted by molar-refractivity contribution is -0.124. The molecule has 0 atom stereocenters. The van der Waals surface area contributed by atoms with Gasteiger partial charge in [0.2, 0.25) is 5.88 Å². The normalized spacial score (nSPS) is 11.3. The maximum atomic E-state index is 11.8. The predicted octanol–water partition coefficient (Wildman–Crippen LogP) is 0.820. The van der Waals surface area contributed by atoms with Crippen LogP contribution in [-0.2, 0) is 0 Å². The van der Waals surface area contributed by atoms with Gasteiger partial charge in [0.25, 0.3) is 0 Å². The summed E-state index contributed by atoms with van der Waals surface area (Å²) < 4.78 is 40.3. The van der Waals surface area contributed by atoms with Crippen LogP contribution < -0.4 is 10.1 Å². The second kappa shape index (κ2) is 5.58. The molecule has 0 aromatic carbocycles. The lowest BCUT2D eigenvalue weighted by Crippen LogP contribution is -2.33. The van der Waals surface area contributed by atoms with Crippen LogP contribution in [0.15, 0.2) is 12.4 Å². The first kappa shape index (κ1) is 13.4. The molecule has 1 aromatic rings. The highest BCUT2D eigenvalue weighted by Gasteiger charge is 2.27. The van der Waals surface area contributed by atoms with Gasteiger partial charge in [0.15, 0.2) is 11.5 Å². The van der Waals surface area contributed by atoms with Gasteiger partial charge in [0, 0.05) is 12.4 Å². The number of rotatable bonds is 5. The molecule has 0 spiro atoms. The van der Waals surface area contributed by atoms with Crippen LogP contribution in [-0.4, -0.2) is 42.1 Å². The molecule has 0 unspecified atom stereocenters. The average molecular weight is 249 g/mol. The Morgan fingerprint density at radius 2 is 2.06 bits per heavy atom. The zero-order valence-corrected chi connectivity index (χ0v) is 8.91.